The number of halogens is 4. The maximum absolute atomic E-state index is 11.6. The summed E-state index contributed by atoms with van der Waals surface area (Å²) in [6.07, 6.45) is -3.17. The summed E-state index contributed by atoms with van der Waals surface area (Å²) in [7, 11) is 0. The van der Waals surface area contributed by atoms with Crippen LogP contribution in [0.5, 0.6) is 0 Å². The fraction of sp³-hybridized carbons (Fsp3) is 0.833. The first-order valence-corrected chi connectivity index (χ1v) is 3.54. The van der Waals surface area contributed by atoms with E-state index >= 15 is 0 Å². The van der Waals surface area contributed by atoms with E-state index in [9.17, 15) is 18.0 Å². The summed E-state index contributed by atoms with van der Waals surface area (Å²) in [5.74, 6) is -0.597. The van der Waals surface area contributed by atoms with Crippen LogP contribution in [0.15, 0.2) is 0 Å². The van der Waals surface area contributed by atoms with Crippen LogP contribution in [-0.4, -0.2) is 24.2 Å². The molecule has 0 unspecified atom stereocenters. The molecular weight excluding hydrogens is 209 g/mol. The molecule has 4 N–H and O–H groups in total. The molecule has 1 saturated carbocycles. The number of hydrogen-bond acceptors (Lipinski definition) is 1. The molecule has 3 nitrogen and oxygen atoms in total. The lowest BCUT2D eigenvalue weighted by molar-refractivity contribution is -0.420. The Morgan fingerprint density at radius 3 is 2.23 bits per heavy atom. The van der Waals surface area contributed by atoms with Crippen molar-refractivity contribution in [3.8, 4) is 0 Å². The van der Waals surface area contributed by atoms with Gasteiger partial charge in [0.25, 0.3) is 5.91 Å². The van der Waals surface area contributed by atoms with E-state index < -0.39 is 24.2 Å². The number of nitrogens with one attached hydrogen (secondary N) is 1. The molecule has 1 amide bonds. The van der Waals surface area contributed by atoms with Crippen molar-refractivity contribution < 1.29 is 36.1 Å². The van der Waals surface area contributed by atoms with Crippen LogP contribution in [0.25, 0.3) is 0 Å². The van der Waals surface area contributed by atoms with E-state index in [4.69, 9.17) is 0 Å². The third-order valence-corrected chi connectivity index (χ3v) is 1.78. The minimum atomic E-state index is -4.33. The van der Waals surface area contributed by atoms with Crippen molar-refractivity contribution in [2.24, 2.45) is 0 Å². The molecule has 0 radical (unpaired) electrons. The molecular formula is C6H10ClF3N2O. The van der Waals surface area contributed by atoms with Gasteiger partial charge in [0.2, 0.25) is 0 Å². The Hall–Kier alpha value is -0.490. The average Bonchev–Trinajstić information content (AvgIpc) is 2.62. The second kappa shape index (κ2) is 3.71. The summed E-state index contributed by atoms with van der Waals surface area (Å²) in [5.41, 5.74) is 2.73. The molecule has 7 heteroatoms. The van der Waals surface area contributed by atoms with Gasteiger partial charge in [-0.15, -0.1) is 0 Å². The lowest BCUT2D eigenvalue weighted by atomic mass is 10.3. The molecule has 0 aromatic carbocycles. The fourth-order valence-corrected chi connectivity index (χ4v) is 0.746. The molecule has 1 aliphatic carbocycles. The highest BCUT2D eigenvalue weighted by molar-refractivity contribution is 5.87. The van der Waals surface area contributed by atoms with E-state index in [0.717, 1.165) is 0 Å². The van der Waals surface area contributed by atoms with Gasteiger partial charge in [0.15, 0.2) is 5.54 Å². The SMILES string of the molecule is [Cl-].[NH3+]C1(C(=O)NCC(F)(F)F)CC1. The number of rotatable bonds is 2. The molecule has 0 aliphatic heterocycles. The first-order valence-electron chi connectivity index (χ1n) is 3.54. The Kier molecular flexibility index (Phi) is 3.57. The van der Waals surface area contributed by atoms with Gasteiger partial charge in [0.1, 0.15) is 6.54 Å². The molecule has 0 bridgehead atoms. The van der Waals surface area contributed by atoms with Crippen molar-refractivity contribution in [3.63, 3.8) is 0 Å². The molecule has 1 aliphatic rings. The van der Waals surface area contributed by atoms with E-state index in [0.29, 0.717) is 12.8 Å². The summed E-state index contributed by atoms with van der Waals surface area (Å²) in [6.45, 7) is -1.26. The lowest BCUT2D eigenvalue weighted by Gasteiger charge is -2.09. The Bertz CT molecular complexity index is 203. The van der Waals surface area contributed by atoms with Crippen molar-refractivity contribution in [3.05, 3.63) is 0 Å². The van der Waals surface area contributed by atoms with E-state index in [2.05, 4.69) is 5.73 Å². The highest BCUT2D eigenvalue weighted by Gasteiger charge is 2.51. The highest BCUT2D eigenvalue weighted by atomic mass is 35.5. The van der Waals surface area contributed by atoms with Gasteiger partial charge >= 0.3 is 6.18 Å². The van der Waals surface area contributed by atoms with E-state index in [-0.39, 0.29) is 12.4 Å². The minimum absolute atomic E-state index is 0. The number of hydrogen-bond donors (Lipinski definition) is 2. The molecule has 0 spiro atoms. The van der Waals surface area contributed by atoms with E-state index in [1.54, 1.807) is 5.32 Å². The summed E-state index contributed by atoms with van der Waals surface area (Å²) in [5, 5.41) is 1.80. The predicted octanol–water partition coefficient (Wildman–Crippen LogP) is -3.56. The average molecular weight is 219 g/mol. The summed E-state index contributed by atoms with van der Waals surface area (Å²) >= 11 is 0. The number of carbonyl (C=O) groups is 1. The predicted molar refractivity (Wildman–Crippen MR) is 33.9 cm³/mol. The van der Waals surface area contributed by atoms with Crippen LogP contribution in [0.2, 0.25) is 0 Å². The zero-order valence-corrected chi connectivity index (χ0v) is 7.50. The zero-order valence-electron chi connectivity index (χ0n) is 6.75. The summed E-state index contributed by atoms with van der Waals surface area (Å²) < 4.78 is 34.8. The van der Waals surface area contributed by atoms with Gasteiger partial charge in [0, 0.05) is 12.8 Å². The molecule has 0 atom stereocenters. The number of alkyl halides is 3. The first kappa shape index (κ1) is 12.5. The Labute approximate surface area is 79.3 Å². The molecule has 13 heavy (non-hydrogen) atoms. The lowest BCUT2D eigenvalue weighted by Crippen LogP contribution is -3.00. The summed E-state index contributed by atoms with van der Waals surface area (Å²) in [6, 6.07) is 0. The first-order chi connectivity index (χ1) is 5.33. The third kappa shape index (κ3) is 3.82. The quantitative estimate of drug-likeness (QED) is 0.495. The number of quaternary nitrogens is 1. The summed E-state index contributed by atoms with van der Waals surface area (Å²) in [4.78, 5) is 10.9. The van der Waals surface area contributed by atoms with Crippen LogP contribution >= 0.6 is 0 Å². The molecule has 78 valence electrons. The maximum atomic E-state index is 11.6. The Balaban J connectivity index is 0.00000144. The van der Waals surface area contributed by atoms with Gasteiger partial charge in [0.05, 0.1) is 0 Å². The van der Waals surface area contributed by atoms with Crippen molar-refractivity contribution >= 4 is 5.91 Å². The highest BCUT2D eigenvalue weighted by Crippen LogP contribution is 2.30. The topological polar surface area (TPSA) is 56.7 Å². The molecule has 0 aromatic heterocycles. The monoisotopic (exact) mass is 218 g/mol. The maximum Gasteiger partial charge on any atom is 0.405 e. The van der Waals surface area contributed by atoms with Gasteiger partial charge in [-0.2, -0.15) is 13.2 Å². The molecule has 1 rings (SSSR count). The van der Waals surface area contributed by atoms with Crippen LogP contribution in [0.1, 0.15) is 12.8 Å². The van der Waals surface area contributed by atoms with Crippen LogP contribution in [0, 0.1) is 0 Å². The standard InChI is InChI=1S/C6H9F3N2O.ClH/c7-6(8,9)3-11-4(12)5(10)1-2-5;/h1-3,10H2,(H,11,12);1H. The third-order valence-electron chi connectivity index (χ3n) is 1.78. The largest absolute Gasteiger partial charge is 1.00 e. The van der Waals surface area contributed by atoms with Gasteiger partial charge in [-0.05, 0) is 0 Å². The van der Waals surface area contributed by atoms with Crippen molar-refractivity contribution in [1.82, 2.24) is 5.32 Å². The second-order valence-electron chi connectivity index (χ2n) is 3.08. The van der Waals surface area contributed by atoms with Gasteiger partial charge < -0.3 is 23.5 Å². The van der Waals surface area contributed by atoms with Crippen molar-refractivity contribution in [1.29, 1.82) is 0 Å². The fourth-order valence-electron chi connectivity index (χ4n) is 0.746. The normalized spacial score (nSPS) is 18.8. The van der Waals surface area contributed by atoms with E-state index in [1.807, 2.05) is 0 Å². The van der Waals surface area contributed by atoms with Crippen molar-refractivity contribution in [2.45, 2.75) is 24.6 Å². The van der Waals surface area contributed by atoms with Gasteiger partial charge in [-0.3, -0.25) is 4.79 Å². The minimum Gasteiger partial charge on any atom is -1.00 e. The second-order valence-corrected chi connectivity index (χ2v) is 3.08. The zero-order chi connectivity index (χ0) is 9.41. The van der Waals surface area contributed by atoms with E-state index in [1.165, 1.54) is 0 Å². The van der Waals surface area contributed by atoms with Gasteiger partial charge in [-0.25, -0.2) is 0 Å². The van der Waals surface area contributed by atoms with Crippen LogP contribution in [0.3, 0.4) is 0 Å². The molecule has 0 saturated heterocycles. The van der Waals surface area contributed by atoms with Crippen LogP contribution in [-0.2, 0) is 4.79 Å². The Morgan fingerprint density at radius 1 is 1.46 bits per heavy atom. The smallest absolute Gasteiger partial charge is 0.405 e. The van der Waals surface area contributed by atoms with Crippen molar-refractivity contribution in [2.75, 3.05) is 6.54 Å². The molecule has 0 aromatic rings. The Morgan fingerprint density at radius 2 is 1.92 bits per heavy atom. The molecule has 1 fully saturated rings. The van der Waals surface area contributed by atoms with Crippen LogP contribution in [0.4, 0.5) is 13.2 Å². The number of amides is 1. The van der Waals surface area contributed by atoms with Gasteiger partial charge in [-0.1, -0.05) is 0 Å². The molecule has 0 heterocycles. The van der Waals surface area contributed by atoms with Crippen LogP contribution < -0.4 is 23.5 Å². The number of carbonyl (C=O) groups excluding carboxylic acids is 1.